The van der Waals surface area contributed by atoms with E-state index in [-0.39, 0.29) is 5.91 Å². The molecule has 130 valence electrons. The van der Waals surface area contributed by atoms with Gasteiger partial charge in [-0.1, -0.05) is 17.7 Å². The molecule has 7 heteroatoms. The number of benzene rings is 2. The molecule has 0 radical (unpaired) electrons. The van der Waals surface area contributed by atoms with Gasteiger partial charge in [0.15, 0.2) is 11.5 Å². The van der Waals surface area contributed by atoms with Crippen molar-refractivity contribution in [3.8, 4) is 17.2 Å². The van der Waals surface area contributed by atoms with E-state index in [9.17, 15) is 4.79 Å². The van der Waals surface area contributed by atoms with Gasteiger partial charge in [-0.2, -0.15) is 0 Å². The third kappa shape index (κ3) is 3.21. The van der Waals surface area contributed by atoms with Crippen LogP contribution in [0.3, 0.4) is 0 Å². The van der Waals surface area contributed by atoms with Gasteiger partial charge in [0, 0.05) is 22.2 Å². The molecule has 0 unspecified atom stereocenters. The topological polar surface area (TPSA) is 72.6 Å². The number of anilines is 1. The maximum atomic E-state index is 12.5. The molecule has 0 aliphatic heterocycles. The molecule has 1 heterocycles. The molecule has 0 aliphatic carbocycles. The second-order valence-corrected chi connectivity index (χ2v) is 5.69. The van der Waals surface area contributed by atoms with Crippen molar-refractivity contribution in [3.05, 3.63) is 47.1 Å². The average molecular weight is 361 g/mol. The first-order valence-corrected chi connectivity index (χ1v) is 7.83. The lowest BCUT2D eigenvalue weighted by Crippen LogP contribution is -2.12. The summed E-state index contributed by atoms with van der Waals surface area (Å²) in [5.74, 6) is 1.18. The molecular formula is C18H17ClN2O4. The van der Waals surface area contributed by atoms with Crippen LogP contribution in [-0.2, 0) is 0 Å². The lowest BCUT2D eigenvalue weighted by Gasteiger charge is -2.12. The molecular weight excluding hydrogens is 344 g/mol. The van der Waals surface area contributed by atoms with Crippen molar-refractivity contribution in [1.29, 1.82) is 0 Å². The number of ether oxygens (including phenoxy) is 3. The molecule has 1 amide bonds. The quantitative estimate of drug-likeness (QED) is 0.718. The normalized spacial score (nSPS) is 10.6. The van der Waals surface area contributed by atoms with E-state index >= 15 is 0 Å². The highest BCUT2D eigenvalue weighted by Gasteiger charge is 2.19. The van der Waals surface area contributed by atoms with Crippen molar-refractivity contribution in [2.75, 3.05) is 26.6 Å². The first-order valence-electron chi connectivity index (χ1n) is 7.46. The predicted molar refractivity (Wildman–Crippen MR) is 97.4 cm³/mol. The summed E-state index contributed by atoms with van der Waals surface area (Å²) in [5, 5.41) is 4.06. The molecule has 0 spiro atoms. The smallest absolute Gasteiger partial charge is 0.272 e. The maximum Gasteiger partial charge on any atom is 0.272 e. The van der Waals surface area contributed by atoms with Crippen LogP contribution in [0.5, 0.6) is 17.2 Å². The molecule has 2 N–H and O–H groups in total. The van der Waals surface area contributed by atoms with E-state index in [0.717, 1.165) is 5.39 Å². The third-order valence-electron chi connectivity index (χ3n) is 3.75. The molecule has 6 nitrogen and oxygen atoms in total. The monoisotopic (exact) mass is 360 g/mol. The van der Waals surface area contributed by atoms with Crippen molar-refractivity contribution in [3.63, 3.8) is 0 Å². The van der Waals surface area contributed by atoms with E-state index in [1.165, 1.54) is 14.2 Å². The summed E-state index contributed by atoms with van der Waals surface area (Å²) in [6.07, 6.45) is 0. The number of carbonyl (C=O) groups excluding carboxylic acids is 1. The minimum atomic E-state index is -0.293. The number of methoxy groups -OCH3 is 3. The van der Waals surface area contributed by atoms with Crippen molar-refractivity contribution >= 4 is 34.1 Å². The largest absolute Gasteiger partial charge is 0.493 e. The van der Waals surface area contributed by atoms with Crippen LogP contribution in [0.25, 0.3) is 10.9 Å². The summed E-state index contributed by atoms with van der Waals surface area (Å²) >= 11 is 5.94. The van der Waals surface area contributed by atoms with Gasteiger partial charge in [0.2, 0.25) is 5.75 Å². The van der Waals surface area contributed by atoms with Gasteiger partial charge in [0.25, 0.3) is 5.91 Å². The highest BCUT2D eigenvalue weighted by Crippen LogP contribution is 2.43. The van der Waals surface area contributed by atoms with Crippen molar-refractivity contribution in [1.82, 2.24) is 4.98 Å². The van der Waals surface area contributed by atoms with Crippen LogP contribution in [-0.4, -0.2) is 32.2 Å². The fourth-order valence-electron chi connectivity index (χ4n) is 2.64. The highest BCUT2D eigenvalue weighted by atomic mass is 35.5. The van der Waals surface area contributed by atoms with Gasteiger partial charge >= 0.3 is 0 Å². The van der Waals surface area contributed by atoms with Gasteiger partial charge in [-0.05, 0) is 24.3 Å². The first-order chi connectivity index (χ1) is 12.1. The van der Waals surface area contributed by atoms with Gasteiger partial charge < -0.3 is 24.5 Å². The van der Waals surface area contributed by atoms with E-state index in [0.29, 0.717) is 39.2 Å². The Labute approximate surface area is 149 Å². The fraction of sp³-hybridized carbons (Fsp3) is 0.167. The molecule has 0 aliphatic rings. The SMILES string of the molecule is COc1cc2[nH]c(C(=O)Nc3cccc(Cl)c3)cc2c(OC)c1OC. The molecule has 2 aromatic carbocycles. The van der Waals surface area contributed by atoms with Crippen LogP contribution >= 0.6 is 11.6 Å². The Morgan fingerprint density at radius 1 is 1.04 bits per heavy atom. The van der Waals surface area contributed by atoms with Crippen LogP contribution in [0.15, 0.2) is 36.4 Å². The number of hydrogen-bond acceptors (Lipinski definition) is 4. The van der Waals surface area contributed by atoms with E-state index in [1.54, 1.807) is 43.5 Å². The predicted octanol–water partition coefficient (Wildman–Crippen LogP) is 4.10. The Hall–Kier alpha value is -2.86. The van der Waals surface area contributed by atoms with E-state index in [1.807, 2.05) is 0 Å². The zero-order valence-corrected chi connectivity index (χ0v) is 14.7. The minimum absolute atomic E-state index is 0.293. The van der Waals surface area contributed by atoms with Crippen molar-refractivity contribution in [2.24, 2.45) is 0 Å². The first kappa shape index (κ1) is 17.0. The van der Waals surface area contributed by atoms with Crippen LogP contribution in [0, 0.1) is 0 Å². The highest BCUT2D eigenvalue weighted by molar-refractivity contribution is 6.31. The molecule has 0 saturated heterocycles. The van der Waals surface area contributed by atoms with Gasteiger partial charge in [0.05, 0.1) is 26.8 Å². The van der Waals surface area contributed by atoms with E-state index in [4.69, 9.17) is 25.8 Å². The number of aromatic nitrogens is 1. The molecule has 0 bridgehead atoms. The number of amides is 1. The number of hydrogen-bond donors (Lipinski definition) is 2. The molecule has 3 aromatic rings. The van der Waals surface area contributed by atoms with E-state index < -0.39 is 0 Å². The Kier molecular flexibility index (Phi) is 4.72. The number of halogens is 1. The van der Waals surface area contributed by atoms with E-state index in [2.05, 4.69) is 10.3 Å². The molecule has 0 atom stereocenters. The number of H-pyrrole nitrogens is 1. The summed E-state index contributed by atoms with van der Waals surface area (Å²) in [4.78, 5) is 15.6. The number of aromatic amines is 1. The number of carbonyl (C=O) groups is 1. The average Bonchev–Trinajstić information content (AvgIpc) is 3.03. The number of rotatable bonds is 5. The third-order valence-corrected chi connectivity index (χ3v) is 3.99. The van der Waals surface area contributed by atoms with Crippen LogP contribution in [0.1, 0.15) is 10.5 Å². The Morgan fingerprint density at radius 3 is 2.44 bits per heavy atom. The van der Waals surface area contributed by atoms with Crippen molar-refractivity contribution < 1.29 is 19.0 Å². The Balaban J connectivity index is 2.01. The standard InChI is InChI=1S/C18H17ClN2O4/c1-23-15-9-13-12(16(24-2)17(15)25-3)8-14(21-13)18(22)20-11-6-4-5-10(19)7-11/h4-9,21H,1-3H3,(H,20,22). The second-order valence-electron chi connectivity index (χ2n) is 5.25. The van der Waals surface area contributed by atoms with Crippen LogP contribution in [0.4, 0.5) is 5.69 Å². The molecule has 0 fully saturated rings. The Morgan fingerprint density at radius 2 is 1.80 bits per heavy atom. The zero-order chi connectivity index (χ0) is 18.0. The summed E-state index contributed by atoms with van der Waals surface area (Å²) < 4.78 is 16.1. The van der Waals surface area contributed by atoms with Gasteiger partial charge in [-0.25, -0.2) is 0 Å². The summed E-state index contributed by atoms with van der Waals surface area (Å²) in [6, 6.07) is 10.4. The van der Waals surface area contributed by atoms with Gasteiger partial charge in [0.1, 0.15) is 5.69 Å². The zero-order valence-electron chi connectivity index (χ0n) is 14.0. The fourth-order valence-corrected chi connectivity index (χ4v) is 2.83. The summed E-state index contributed by atoms with van der Waals surface area (Å²) in [7, 11) is 4.61. The van der Waals surface area contributed by atoms with Crippen molar-refractivity contribution in [2.45, 2.75) is 0 Å². The van der Waals surface area contributed by atoms with Gasteiger partial charge in [-0.3, -0.25) is 4.79 Å². The van der Waals surface area contributed by atoms with Gasteiger partial charge in [-0.15, -0.1) is 0 Å². The molecule has 0 saturated carbocycles. The molecule has 25 heavy (non-hydrogen) atoms. The van der Waals surface area contributed by atoms with Crippen LogP contribution in [0.2, 0.25) is 5.02 Å². The lowest BCUT2D eigenvalue weighted by atomic mass is 10.2. The van der Waals surface area contributed by atoms with Crippen LogP contribution < -0.4 is 19.5 Å². The number of fused-ring (bicyclic) bond motifs is 1. The summed E-state index contributed by atoms with van der Waals surface area (Å²) in [6.45, 7) is 0. The minimum Gasteiger partial charge on any atom is -0.493 e. The second kappa shape index (κ2) is 6.94. The summed E-state index contributed by atoms with van der Waals surface area (Å²) in [5.41, 5.74) is 1.69. The number of nitrogens with one attached hydrogen (secondary N) is 2. The maximum absolute atomic E-state index is 12.5. The lowest BCUT2D eigenvalue weighted by molar-refractivity contribution is 0.102. The molecule has 1 aromatic heterocycles. The molecule has 3 rings (SSSR count). The Bertz CT molecular complexity index is 936.